The number of aromatic nitrogens is 1. The fourth-order valence-corrected chi connectivity index (χ4v) is 3.64. The van der Waals surface area contributed by atoms with Crippen LogP contribution in [0.1, 0.15) is 13.8 Å². The number of rotatable bonds is 4. The third kappa shape index (κ3) is 1.69. The Kier molecular flexibility index (Phi) is 2.53. The van der Waals surface area contributed by atoms with Gasteiger partial charge in [-0.2, -0.15) is 0 Å². The highest BCUT2D eigenvalue weighted by atomic mass is 32.2. The van der Waals surface area contributed by atoms with Gasteiger partial charge in [0.05, 0.1) is 4.70 Å². The van der Waals surface area contributed by atoms with Crippen LogP contribution in [0.5, 0.6) is 11.5 Å². The van der Waals surface area contributed by atoms with Crippen LogP contribution in [-0.4, -0.2) is 22.4 Å². The summed E-state index contributed by atoms with van der Waals surface area (Å²) in [6.07, 6.45) is 0. The van der Waals surface area contributed by atoms with E-state index in [1.807, 2.05) is 6.07 Å². The highest BCUT2D eigenvalue weighted by Gasteiger charge is 2.26. The van der Waals surface area contributed by atoms with E-state index in [2.05, 4.69) is 29.2 Å². The molecule has 16 heavy (non-hydrogen) atoms. The van der Waals surface area contributed by atoms with Crippen molar-refractivity contribution in [3.8, 4) is 11.5 Å². The Bertz CT molecular complexity index is 534. The Balaban J connectivity index is 1.91. The zero-order chi connectivity index (χ0) is 11.1. The van der Waals surface area contributed by atoms with Gasteiger partial charge in [0.25, 0.3) is 0 Å². The molecule has 1 aromatic heterocycles. The second-order valence-corrected chi connectivity index (χ2v) is 5.90. The van der Waals surface area contributed by atoms with Gasteiger partial charge in [-0.1, -0.05) is 13.8 Å². The highest BCUT2D eigenvalue weighted by Crippen LogP contribution is 2.51. The van der Waals surface area contributed by atoms with Crippen LogP contribution in [0.3, 0.4) is 0 Å². The molecule has 3 rings (SSSR count). The van der Waals surface area contributed by atoms with E-state index in [0.717, 1.165) is 34.4 Å². The summed E-state index contributed by atoms with van der Waals surface area (Å²) < 4.78 is 9.95. The van der Waals surface area contributed by atoms with Crippen LogP contribution in [0.15, 0.2) is 16.5 Å². The van der Waals surface area contributed by atoms with Crippen LogP contribution in [0.4, 0.5) is 0 Å². The number of thiazole rings is 1. The first kappa shape index (κ1) is 10.4. The maximum absolute atomic E-state index is 5.34. The van der Waals surface area contributed by atoms with Crippen molar-refractivity contribution in [3.63, 3.8) is 0 Å². The maximum Gasteiger partial charge on any atom is 0.197 e. The molecule has 0 bridgehead atoms. The Labute approximate surface area is 103 Å². The number of hydrogen-bond acceptors (Lipinski definition) is 5. The molecule has 2 heterocycles. The Morgan fingerprint density at radius 2 is 2.19 bits per heavy atom. The van der Waals surface area contributed by atoms with Crippen LogP contribution < -0.4 is 4.74 Å². The number of ether oxygens (including phenoxy) is 1. The molecule has 0 spiro atoms. The van der Waals surface area contributed by atoms with Crippen LogP contribution in [-0.2, 0) is 0 Å². The molecule has 0 unspecified atom stereocenters. The van der Waals surface area contributed by atoms with Crippen LogP contribution >= 0.6 is 23.3 Å². The number of nitrogens with zero attached hydrogens (tertiary/aromatic N) is 2. The van der Waals surface area contributed by atoms with E-state index in [0.29, 0.717) is 0 Å². The molecule has 3 nitrogen and oxygen atoms in total. The largest absolute Gasteiger partial charge is 0.447 e. The standard InChI is InChI=1S/C11H12N2OS2/c1-3-13(4-2)16-11-12-9-8(15-11)6-5-7-10(9)14-7/h5-6H,3-4H2,1-2H3. The average Bonchev–Trinajstić information content (AvgIpc) is 2.99. The predicted octanol–water partition coefficient (Wildman–Crippen LogP) is 3.75. The van der Waals surface area contributed by atoms with Crippen molar-refractivity contribution < 1.29 is 4.74 Å². The van der Waals surface area contributed by atoms with E-state index >= 15 is 0 Å². The molecule has 5 heteroatoms. The molecule has 1 aliphatic heterocycles. The average molecular weight is 252 g/mol. The molecule has 0 amide bonds. The number of hydrogen-bond donors (Lipinski definition) is 0. The van der Waals surface area contributed by atoms with Gasteiger partial charge in [-0.15, -0.1) is 11.3 Å². The summed E-state index contributed by atoms with van der Waals surface area (Å²) in [6.45, 7) is 6.39. The summed E-state index contributed by atoms with van der Waals surface area (Å²) in [5, 5.41) is 0. The Hall–Kier alpha value is -0.780. The minimum Gasteiger partial charge on any atom is -0.447 e. The zero-order valence-electron chi connectivity index (χ0n) is 9.19. The minimum atomic E-state index is 0.972. The molecular weight excluding hydrogens is 240 g/mol. The second-order valence-electron chi connectivity index (χ2n) is 3.53. The molecule has 0 radical (unpaired) electrons. The molecule has 84 valence electrons. The van der Waals surface area contributed by atoms with Crippen molar-refractivity contribution in [2.24, 2.45) is 0 Å². The van der Waals surface area contributed by atoms with Gasteiger partial charge >= 0.3 is 0 Å². The van der Waals surface area contributed by atoms with Crippen LogP contribution in [0.2, 0.25) is 0 Å². The molecule has 0 atom stereocenters. The Morgan fingerprint density at radius 1 is 1.38 bits per heavy atom. The lowest BCUT2D eigenvalue weighted by Gasteiger charge is -2.13. The molecule has 1 aromatic carbocycles. The topological polar surface area (TPSA) is 28.7 Å². The van der Waals surface area contributed by atoms with Gasteiger partial charge in [0.1, 0.15) is 5.52 Å². The van der Waals surface area contributed by atoms with E-state index in [-0.39, 0.29) is 0 Å². The number of fused-ring (bicyclic) bond motifs is 3. The third-order valence-electron chi connectivity index (χ3n) is 2.54. The normalized spacial score (nSPS) is 12.9. The monoisotopic (exact) mass is 252 g/mol. The third-order valence-corrected chi connectivity index (χ3v) is 4.85. The highest BCUT2D eigenvalue weighted by molar-refractivity contribution is 7.98. The van der Waals surface area contributed by atoms with Crippen molar-refractivity contribution in [1.29, 1.82) is 0 Å². The van der Waals surface area contributed by atoms with Gasteiger partial charge in [0.2, 0.25) is 0 Å². The van der Waals surface area contributed by atoms with Crippen molar-refractivity contribution in [3.05, 3.63) is 12.1 Å². The smallest absolute Gasteiger partial charge is 0.197 e. The molecule has 1 aliphatic rings. The van der Waals surface area contributed by atoms with E-state index in [1.54, 1.807) is 23.3 Å². The van der Waals surface area contributed by atoms with Gasteiger partial charge < -0.3 is 4.74 Å². The molecular formula is C11H12N2OS2. The lowest BCUT2D eigenvalue weighted by molar-refractivity contribution is 0.525. The summed E-state index contributed by atoms with van der Waals surface area (Å²) in [7, 11) is 0. The lowest BCUT2D eigenvalue weighted by atomic mass is 10.3. The zero-order valence-corrected chi connectivity index (χ0v) is 10.8. The van der Waals surface area contributed by atoms with Crippen LogP contribution in [0, 0.1) is 0 Å². The van der Waals surface area contributed by atoms with Gasteiger partial charge in [-0.05, 0) is 24.1 Å². The Morgan fingerprint density at radius 3 is 2.94 bits per heavy atom. The summed E-state index contributed by atoms with van der Waals surface area (Å²) in [5.74, 6) is 1.96. The van der Waals surface area contributed by atoms with Crippen molar-refractivity contribution in [1.82, 2.24) is 9.29 Å². The summed E-state index contributed by atoms with van der Waals surface area (Å²) >= 11 is 3.47. The molecule has 0 N–H and O–H groups in total. The fourth-order valence-electron chi connectivity index (χ4n) is 1.60. The predicted molar refractivity (Wildman–Crippen MR) is 68.5 cm³/mol. The SMILES string of the molecule is CCN(CC)Sc1nc2c3c(ccc2s1)O3. The lowest BCUT2D eigenvalue weighted by Crippen LogP contribution is -2.13. The van der Waals surface area contributed by atoms with Crippen molar-refractivity contribution in [2.75, 3.05) is 13.1 Å². The second kappa shape index (κ2) is 3.91. The van der Waals surface area contributed by atoms with E-state index in [1.165, 1.54) is 4.70 Å². The van der Waals surface area contributed by atoms with E-state index in [4.69, 9.17) is 4.74 Å². The first-order chi connectivity index (χ1) is 7.81. The van der Waals surface area contributed by atoms with Gasteiger partial charge in [0.15, 0.2) is 15.8 Å². The first-order valence-corrected chi connectivity index (χ1v) is 6.95. The molecule has 0 fully saturated rings. The summed E-state index contributed by atoms with van der Waals surface area (Å²) in [5.41, 5.74) is 1.03. The molecule has 0 saturated heterocycles. The maximum atomic E-state index is 5.34. The number of benzene rings is 1. The minimum absolute atomic E-state index is 0.972. The van der Waals surface area contributed by atoms with Gasteiger partial charge in [0, 0.05) is 13.1 Å². The molecule has 2 aromatic rings. The quantitative estimate of drug-likeness (QED) is 0.522. The van der Waals surface area contributed by atoms with Crippen molar-refractivity contribution >= 4 is 33.5 Å². The summed E-state index contributed by atoms with van der Waals surface area (Å²) in [4.78, 5) is 4.61. The molecule has 0 aliphatic carbocycles. The van der Waals surface area contributed by atoms with Gasteiger partial charge in [-0.3, -0.25) is 0 Å². The van der Waals surface area contributed by atoms with Crippen LogP contribution in [0.25, 0.3) is 10.2 Å². The van der Waals surface area contributed by atoms with E-state index in [9.17, 15) is 0 Å². The fraction of sp³-hybridized carbons (Fsp3) is 0.364. The van der Waals surface area contributed by atoms with E-state index < -0.39 is 0 Å². The molecule has 0 saturated carbocycles. The van der Waals surface area contributed by atoms with Gasteiger partial charge in [-0.25, -0.2) is 9.29 Å². The summed E-state index contributed by atoms with van der Waals surface area (Å²) in [6, 6.07) is 4.10. The first-order valence-electron chi connectivity index (χ1n) is 5.36. The van der Waals surface area contributed by atoms with Crippen molar-refractivity contribution in [2.45, 2.75) is 18.2 Å².